The van der Waals surface area contributed by atoms with Crippen molar-refractivity contribution in [3.63, 3.8) is 0 Å². The summed E-state index contributed by atoms with van der Waals surface area (Å²) in [6, 6.07) is 17.6. The van der Waals surface area contributed by atoms with E-state index >= 15 is 0 Å². The monoisotopic (exact) mass is 516 g/mol. The number of carbonyl (C=O) groups excluding carboxylic acids is 1. The van der Waals surface area contributed by atoms with Gasteiger partial charge in [-0.15, -0.1) is 11.8 Å². The van der Waals surface area contributed by atoms with Gasteiger partial charge in [0.25, 0.3) is 0 Å². The van der Waals surface area contributed by atoms with E-state index in [9.17, 15) is 14.7 Å². The summed E-state index contributed by atoms with van der Waals surface area (Å²) in [7, 11) is 0. The number of hydrogen-bond acceptors (Lipinski definition) is 5. The molecular formula is C28H40N2O5S. The average molecular weight is 517 g/mol. The van der Waals surface area contributed by atoms with Gasteiger partial charge in [0.05, 0.1) is 6.54 Å². The zero-order valence-corrected chi connectivity index (χ0v) is 22.5. The molecule has 0 spiro atoms. The lowest BCUT2D eigenvalue weighted by atomic mass is 10.1. The van der Waals surface area contributed by atoms with Gasteiger partial charge in [-0.05, 0) is 61.3 Å². The second-order valence-electron chi connectivity index (χ2n) is 8.91. The van der Waals surface area contributed by atoms with Gasteiger partial charge in [-0.25, -0.2) is 9.59 Å². The first-order chi connectivity index (χ1) is 17.4. The van der Waals surface area contributed by atoms with Gasteiger partial charge in [0, 0.05) is 31.0 Å². The molecule has 2 N–H and O–H groups in total. The fourth-order valence-corrected chi connectivity index (χ4v) is 4.39. The van der Waals surface area contributed by atoms with E-state index < -0.39 is 12.1 Å². The first-order valence-electron chi connectivity index (χ1n) is 12.7. The first-order valence-corrected chi connectivity index (χ1v) is 13.6. The summed E-state index contributed by atoms with van der Waals surface area (Å²) < 4.78 is 11.2. The Hall–Kier alpha value is -2.71. The van der Waals surface area contributed by atoms with Crippen LogP contribution in [0.5, 0.6) is 5.75 Å². The molecule has 2 rings (SSSR count). The van der Waals surface area contributed by atoms with Crippen LogP contribution in [0, 0.1) is 5.92 Å². The third kappa shape index (κ3) is 11.8. The van der Waals surface area contributed by atoms with Gasteiger partial charge in [-0.1, -0.05) is 44.2 Å². The number of urea groups is 1. The summed E-state index contributed by atoms with van der Waals surface area (Å²) in [5.41, 5.74) is 0.867. The predicted octanol–water partition coefficient (Wildman–Crippen LogP) is 5.34. The molecule has 0 heterocycles. The number of unbranched alkanes of at least 4 members (excludes halogenated alkanes) is 1. The lowest BCUT2D eigenvalue weighted by Gasteiger charge is -2.24. The number of carbonyl (C=O) groups is 2. The van der Waals surface area contributed by atoms with Crippen LogP contribution in [0.15, 0.2) is 59.5 Å². The second-order valence-corrected chi connectivity index (χ2v) is 10.1. The molecule has 198 valence electrons. The Morgan fingerprint density at radius 1 is 1.03 bits per heavy atom. The fraction of sp³-hybridized carbons (Fsp3) is 0.500. The van der Waals surface area contributed by atoms with E-state index in [-0.39, 0.29) is 6.03 Å². The number of hydrogen-bond donors (Lipinski definition) is 2. The molecule has 2 aromatic rings. The fourth-order valence-electron chi connectivity index (χ4n) is 3.46. The van der Waals surface area contributed by atoms with Crippen LogP contribution in [-0.4, -0.2) is 66.7 Å². The summed E-state index contributed by atoms with van der Waals surface area (Å²) in [6.45, 7) is 8.47. The molecule has 8 heteroatoms. The zero-order chi connectivity index (χ0) is 26.2. The van der Waals surface area contributed by atoms with Crippen molar-refractivity contribution in [1.29, 1.82) is 0 Å². The number of nitrogens with one attached hydrogen (secondary N) is 1. The summed E-state index contributed by atoms with van der Waals surface area (Å²) >= 11 is 1.83. The summed E-state index contributed by atoms with van der Waals surface area (Å²) in [5, 5.41) is 12.3. The van der Waals surface area contributed by atoms with E-state index in [2.05, 4.69) is 31.3 Å². The molecule has 0 radical (unpaired) electrons. The van der Waals surface area contributed by atoms with Gasteiger partial charge in [-0.2, -0.15) is 0 Å². The molecule has 1 atom stereocenters. The predicted molar refractivity (Wildman–Crippen MR) is 145 cm³/mol. The van der Waals surface area contributed by atoms with Crippen molar-refractivity contribution in [2.45, 2.75) is 51.0 Å². The SMILES string of the molecule is CCOC(Cc1ccc(OCCN(CCCCSc2ccccc2)C(=O)NCC(C)C)cc1)C(=O)O. The highest BCUT2D eigenvalue weighted by molar-refractivity contribution is 7.99. The lowest BCUT2D eigenvalue weighted by molar-refractivity contribution is -0.149. The van der Waals surface area contributed by atoms with Gasteiger partial charge >= 0.3 is 12.0 Å². The van der Waals surface area contributed by atoms with E-state index in [1.807, 2.05) is 59.1 Å². The van der Waals surface area contributed by atoms with Crippen LogP contribution >= 0.6 is 11.8 Å². The molecule has 36 heavy (non-hydrogen) atoms. The topological polar surface area (TPSA) is 88.1 Å². The Kier molecular flexibility index (Phi) is 13.8. The highest BCUT2D eigenvalue weighted by atomic mass is 32.2. The average Bonchev–Trinajstić information content (AvgIpc) is 2.87. The van der Waals surface area contributed by atoms with Crippen LogP contribution in [0.25, 0.3) is 0 Å². The van der Waals surface area contributed by atoms with Gasteiger partial charge < -0.3 is 24.8 Å². The van der Waals surface area contributed by atoms with Crippen LogP contribution in [0.3, 0.4) is 0 Å². The Morgan fingerprint density at radius 3 is 2.39 bits per heavy atom. The molecule has 0 saturated carbocycles. The van der Waals surface area contributed by atoms with E-state index in [1.165, 1.54) is 4.90 Å². The van der Waals surface area contributed by atoms with Crippen LogP contribution in [-0.2, 0) is 16.0 Å². The molecule has 0 aromatic heterocycles. The van der Waals surface area contributed by atoms with Crippen molar-refractivity contribution in [3.05, 3.63) is 60.2 Å². The number of benzene rings is 2. The number of rotatable bonds is 17. The maximum atomic E-state index is 12.7. The number of amides is 2. The van der Waals surface area contributed by atoms with Crippen LogP contribution in [0.1, 0.15) is 39.2 Å². The van der Waals surface area contributed by atoms with E-state index in [4.69, 9.17) is 9.47 Å². The van der Waals surface area contributed by atoms with Crippen molar-refractivity contribution >= 4 is 23.8 Å². The van der Waals surface area contributed by atoms with Crippen LogP contribution in [0.2, 0.25) is 0 Å². The maximum Gasteiger partial charge on any atom is 0.333 e. The molecule has 7 nitrogen and oxygen atoms in total. The number of carboxylic acids is 1. The Labute approximate surface area is 219 Å². The van der Waals surface area contributed by atoms with Crippen molar-refractivity contribution < 1.29 is 24.2 Å². The van der Waals surface area contributed by atoms with Crippen LogP contribution in [0.4, 0.5) is 4.79 Å². The number of carboxylic acid groups (broad SMARTS) is 1. The number of nitrogens with zero attached hydrogens (tertiary/aromatic N) is 1. The summed E-state index contributed by atoms with van der Waals surface area (Å²) in [4.78, 5) is 27.1. The number of ether oxygens (including phenoxy) is 2. The number of thioether (sulfide) groups is 1. The molecule has 2 aromatic carbocycles. The lowest BCUT2D eigenvalue weighted by Crippen LogP contribution is -2.43. The minimum absolute atomic E-state index is 0.0611. The molecule has 0 saturated heterocycles. The van der Waals surface area contributed by atoms with Gasteiger partial charge in [0.2, 0.25) is 0 Å². The maximum absolute atomic E-state index is 12.7. The third-order valence-corrected chi connectivity index (χ3v) is 6.50. The molecular weight excluding hydrogens is 476 g/mol. The van der Waals surface area contributed by atoms with E-state index in [1.54, 1.807) is 6.92 Å². The Bertz CT molecular complexity index is 893. The zero-order valence-electron chi connectivity index (χ0n) is 21.7. The molecule has 2 amide bonds. The van der Waals surface area contributed by atoms with E-state index in [0.29, 0.717) is 50.9 Å². The normalized spacial score (nSPS) is 11.8. The standard InChI is InChI=1S/C28H40N2O5S/c1-4-34-26(27(31)32)20-23-12-14-24(15-13-23)35-18-17-30(28(33)29-21-22(2)3)16-8-9-19-36-25-10-6-5-7-11-25/h5-7,10-15,22,26H,4,8-9,16-21H2,1-3H3,(H,29,33)(H,31,32). The molecule has 0 aliphatic rings. The first kappa shape index (κ1) is 29.5. The molecule has 0 bridgehead atoms. The smallest absolute Gasteiger partial charge is 0.333 e. The van der Waals surface area contributed by atoms with Crippen molar-refractivity contribution in [2.24, 2.45) is 5.92 Å². The minimum atomic E-state index is -0.966. The Balaban J connectivity index is 1.80. The van der Waals surface area contributed by atoms with Gasteiger partial charge in [0.15, 0.2) is 6.10 Å². The summed E-state index contributed by atoms with van der Waals surface area (Å²) in [5.74, 6) is 1.12. The highest BCUT2D eigenvalue weighted by Crippen LogP contribution is 2.18. The summed E-state index contributed by atoms with van der Waals surface area (Å²) in [6.07, 6.45) is 1.39. The second kappa shape index (κ2) is 16.9. The van der Waals surface area contributed by atoms with Crippen molar-refractivity contribution in [3.8, 4) is 5.75 Å². The van der Waals surface area contributed by atoms with Crippen molar-refractivity contribution in [1.82, 2.24) is 10.2 Å². The highest BCUT2D eigenvalue weighted by Gasteiger charge is 2.18. The van der Waals surface area contributed by atoms with Crippen LogP contribution < -0.4 is 10.1 Å². The largest absolute Gasteiger partial charge is 0.492 e. The number of aliphatic carboxylic acids is 1. The van der Waals surface area contributed by atoms with Gasteiger partial charge in [0.1, 0.15) is 12.4 Å². The minimum Gasteiger partial charge on any atom is -0.492 e. The molecule has 1 unspecified atom stereocenters. The quantitative estimate of drug-likeness (QED) is 0.218. The molecule has 0 fully saturated rings. The molecule has 0 aliphatic carbocycles. The Morgan fingerprint density at radius 2 is 1.75 bits per heavy atom. The molecule has 0 aliphatic heterocycles. The van der Waals surface area contributed by atoms with Crippen molar-refractivity contribution in [2.75, 3.05) is 38.6 Å². The van der Waals surface area contributed by atoms with Gasteiger partial charge in [-0.3, -0.25) is 0 Å². The third-order valence-electron chi connectivity index (χ3n) is 5.40. The van der Waals surface area contributed by atoms with E-state index in [0.717, 1.165) is 24.2 Å².